The summed E-state index contributed by atoms with van der Waals surface area (Å²) >= 11 is 0. The van der Waals surface area contributed by atoms with E-state index < -0.39 is 24.0 Å². The molecule has 3 saturated heterocycles. The number of nitrogens with one attached hydrogen (secondary N) is 3. The van der Waals surface area contributed by atoms with Gasteiger partial charge in [0.25, 0.3) is 5.56 Å². The molecule has 5 aromatic rings. The maximum absolute atomic E-state index is 15.1. The van der Waals surface area contributed by atoms with Crippen LogP contribution in [0.1, 0.15) is 50.1 Å². The molecule has 10 rings (SSSR count). The Morgan fingerprint density at radius 1 is 0.883 bits per heavy atom. The molecule has 1 saturated carbocycles. The number of carbonyl (C=O) groups excluding carboxylic acids is 2. The van der Waals surface area contributed by atoms with Crippen LogP contribution >= 0.6 is 0 Å². The highest BCUT2D eigenvalue weighted by molar-refractivity contribution is 6.04. The van der Waals surface area contributed by atoms with Crippen molar-refractivity contribution in [1.82, 2.24) is 34.5 Å². The monoisotopic (exact) mass is 819 g/mol. The van der Waals surface area contributed by atoms with Crippen LogP contribution in [0.2, 0.25) is 0 Å². The minimum atomic E-state index is -3.23. The van der Waals surface area contributed by atoms with E-state index in [9.17, 15) is 14.4 Å². The van der Waals surface area contributed by atoms with Gasteiger partial charge in [-0.05, 0) is 67.9 Å². The van der Waals surface area contributed by atoms with E-state index in [-0.39, 0.29) is 28.9 Å². The van der Waals surface area contributed by atoms with Gasteiger partial charge in [0.15, 0.2) is 6.61 Å². The number of nitrogens with zero attached hydrogens (tertiary/aromatic N) is 8. The fraction of sp³-hybridized carbons (Fsp3) is 0.442. The van der Waals surface area contributed by atoms with E-state index in [0.717, 1.165) is 86.8 Å². The number of rotatable bonds is 7. The summed E-state index contributed by atoms with van der Waals surface area (Å²) in [6.07, 6.45) is 5.63. The summed E-state index contributed by atoms with van der Waals surface area (Å²) in [4.78, 5) is 54.1. The zero-order valence-corrected chi connectivity index (χ0v) is 33.6. The Kier molecular flexibility index (Phi) is 9.45. The number of hydrogen-bond acceptors (Lipinski definition) is 12. The Labute approximate surface area is 344 Å². The standard InChI is InChI=1S/C43H47F2N11O4/c1-52-31-10-8-27(20-30(31)37-39(42(52)59)60-23-43(44,45)40(50-37)26-6-7-26)48-33-21-34(47-24-46-33)56-14-12-25(13-15-56)22-54-16-18-55(19-17-54)32-5-3-4-28-36(51-53(2)38(28)32)29-9-11-35(57)49-41(29)58/h3-5,8,10,20-21,24-25,29,50H,6-7,9,11-19,22-23H2,1-2H3,(H,46,47,48)(H,49,57,58). The first kappa shape index (κ1) is 38.1. The number of amides is 2. The number of fused-ring (bicyclic) bond motifs is 4. The number of carbonyl (C=O) groups is 2. The number of imide groups is 1. The average Bonchev–Trinajstić information content (AvgIpc) is 4.05. The van der Waals surface area contributed by atoms with Crippen molar-refractivity contribution in [2.24, 2.45) is 20.0 Å². The van der Waals surface area contributed by atoms with Gasteiger partial charge in [0.2, 0.25) is 17.6 Å². The maximum atomic E-state index is 15.1. The van der Waals surface area contributed by atoms with Crippen molar-refractivity contribution in [3.8, 4) is 5.75 Å². The predicted molar refractivity (Wildman–Crippen MR) is 224 cm³/mol. The quantitative estimate of drug-likeness (QED) is 0.189. The number of allylic oxidation sites excluding steroid dienone is 1. The van der Waals surface area contributed by atoms with Crippen LogP contribution in [0, 0.1) is 5.92 Å². The van der Waals surface area contributed by atoms with E-state index in [0.29, 0.717) is 59.6 Å². The summed E-state index contributed by atoms with van der Waals surface area (Å²) in [5.41, 5.74) is 4.39. The second-order valence-corrected chi connectivity index (χ2v) is 16.7. The lowest BCUT2D eigenvalue weighted by Crippen LogP contribution is -2.49. The van der Waals surface area contributed by atoms with Gasteiger partial charge in [-0.2, -0.15) is 13.9 Å². The number of piperidine rings is 2. The number of anilines is 5. The number of halogens is 2. The number of aryl methyl sites for hydroxylation is 2. The van der Waals surface area contributed by atoms with E-state index >= 15 is 8.78 Å². The van der Waals surface area contributed by atoms with Crippen LogP contribution in [-0.4, -0.2) is 99.4 Å². The Hall–Kier alpha value is -6.10. The van der Waals surface area contributed by atoms with Gasteiger partial charge in [-0.1, -0.05) is 12.1 Å². The molecule has 15 nitrogen and oxygen atoms in total. The predicted octanol–water partition coefficient (Wildman–Crippen LogP) is 5.01. The zero-order valence-electron chi connectivity index (χ0n) is 33.6. The highest BCUT2D eigenvalue weighted by Gasteiger charge is 2.43. The van der Waals surface area contributed by atoms with Gasteiger partial charge in [-0.25, -0.2) is 9.97 Å². The van der Waals surface area contributed by atoms with Crippen molar-refractivity contribution < 1.29 is 23.1 Å². The molecule has 312 valence electrons. The lowest BCUT2D eigenvalue weighted by Gasteiger charge is -2.40. The van der Waals surface area contributed by atoms with Gasteiger partial charge < -0.3 is 29.7 Å². The molecule has 60 heavy (non-hydrogen) atoms. The highest BCUT2D eigenvalue weighted by Crippen LogP contribution is 2.45. The van der Waals surface area contributed by atoms with Crippen LogP contribution in [0.4, 0.5) is 37.5 Å². The molecule has 2 amide bonds. The molecule has 0 radical (unpaired) electrons. The number of ether oxygens (including phenoxy) is 1. The van der Waals surface area contributed by atoms with E-state index in [1.807, 2.05) is 42.1 Å². The number of alkyl halides is 2. The van der Waals surface area contributed by atoms with Crippen molar-refractivity contribution in [2.75, 3.05) is 72.9 Å². The fourth-order valence-electron chi connectivity index (χ4n) is 9.39. The number of para-hydroxylation sites is 1. The van der Waals surface area contributed by atoms with Crippen molar-refractivity contribution in [3.05, 3.63) is 76.1 Å². The average molecular weight is 820 g/mol. The Balaban J connectivity index is 0.768. The normalized spacial score (nSPS) is 21.1. The van der Waals surface area contributed by atoms with Crippen LogP contribution in [0.15, 0.2) is 64.9 Å². The van der Waals surface area contributed by atoms with Crippen LogP contribution in [0.25, 0.3) is 21.8 Å². The molecule has 1 aliphatic carbocycles. The number of piperazine rings is 1. The third-order valence-electron chi connectivity index (χ3n) is 12.8. The molecule has 4 aliphatic heterocycles. The number of aromatic nitrogens is 5. The van der Waals surface area contributed by atoms with Crippen molar-refractivity contribution in [2.45, 2.75) is 50.4 Å². The first-order chi connectivity index (χ1) is 29.0. The van der Waals surface area contributed by atoms with Crippen LogP contribution in [-0.2, 0) is 23.7 Å². The first-order valence-electron chi connectivity index (χ1n) is 20.8. The smallest absolute Gasteiger partial charge is 0.320 e. The minimum Gasteiger partial charge on any atom is -0.479 e. The van der Waals surface area contributed by atoms with Crippen LogP contribution in [0.3, 0.4) is 0 Å². The number of hydrogen-bond donors (Lipinski definition) is 3. The minimum absolute atomic E-state index is 0.116. The molecule has 5 aliphatic rings. The second-order valence-electron chi connectivity index (χ2n) is 16.7. The SMILES string of the molecule is Cn1nc(C2CCC(=O)NC2=O)c2cccc(N3CCN(CC4CCN(c5cc(Nc6ccc7c(c6)c6c(c(=O)n7C)OCC(F)(F)C(=C7CC7)N6)ncn5)CC4)CC3)c21. The van der Waals surface area contributed by atoms with Gasteiger partial charge in [-0.3, -0.25) is 29.3 Å². The summed E-state index contributed by atoms with van der Waals surface area (Å²) < 4.78 is 38.9. The van der Waals surface area contributed by atoms with E-state index in [1.54, 1.807) is 19.4 Å². The summed E-state index contributed by atoms with van der Waals surface area (Å²) in [6, 6.07) is 13.6. The molecule has 7 heterocycles. The summed E-state index contributed by atoms with van der Waals surface area (Å²) in [5, 5.41) is 15.1. The Morgan fingerprint density at radius 2 is 1.68 bits per heavy atom. The molecule has 2 aromatic carbocycles. The van der Waals surface area contributed by atoms with Crippen molar-refractivity contribution in [3.63, 3.8) is 0 Å². The van der Waals surface area contributed by atoms with Crippen LogP contribution in [0.5, 0.6) is 5.75 Å². The molecular formula is C43H47F2N11O4. The second kappa shape index (κ2) is 14.9. The first-order valence-corrected chi connectivity index (χ1v) is 20.8. The number of benzene rings is 2. The van der Waals surface area contributed by atoms with Gasteiger partial charge >= 0.3 is 5.92 Å². The van der Waals surface area contributed by atoms with Crippen molar-refractivity contribution in [1.29, 1.82) is 0 Å². The summed E-state index contributed by atoms with van der Waals surface area (Å²) in [5.74, 6) is -2.27. The number of pyridine rings is 1. The van der Waals surface area contributed by atoms with E-state index in [1.165, 1.54) is 4.57 Å². The third kappa shape index (κ3) is 6.97. The van der Waals surface area contributed by atoms with Gasteiger partial charge in [0, 0.05) is 88.9 Å². The van der Waals surface area contributed by atoms with Crippen molar-refractivity contribution >= 4 is 62.3 Å². The van der Waals surface area contributed by atoms with E-state index in [2.05, 4.69) is 46.7 Å². The lowest BCUT2D eigenvalue weighted by molar-refractivity contribution is -0.134. The zero-order chi connectivity index (χ0) is 41.3. The lowest BCUT2D eigenvalue weighted by atomic mass is 9.92. The summed E-state index contributed by atoms with van der Waals surface area (Å²) in [6.45, 7) is 5.60. The molecule has 1 atom stereocenters. The molecular weight excluding hydrogens is 773 g/mol. The fourth-order valence-corrected chi connectivity index (χ4v) is 9.39. The molecule has 17 heteroatoms. The largest absolute Gasteiger partial charge is 0.479 e. The van der Waals surface area contributed by atoms with Gasteiger partial charge in [-0.15, -0.1) is 0 Å². The van der Waals surface area contributed by atoms with Gasteiger partial charge in [0.1, 0.15) is 18.0 Å². The topological polar surface area (TPSA) is 155 Å². The molecule has 3 N–H and O–H groups in total. The molecule has 1 unspecified atom stereocenters. The third-order valence-corrected chi connectivity index (χ3v) is 12.8. The molecule has 0 spiro atoms. The Bertz CT molecular complexity index is 2640. The van der Waals surface area contributed by atoms with Crippen LogP contribution < -0.4 is 36.0 Å². The molecule has 3 aromatic heterocycles. The Morgan fingerprint density at radius 3 is 2.45 bits per heavy atom. The highest BCUT2D eigenvalue weighted by atomic mass is 19.3. The molecule has 4 fully saturated rings. The molecule has 0 bridgehead atoms. The summed E-state index contributed by atoms with van der Waals surface area (Å²) in [7, 11) is 3.54. The van der Waals surface area contributed by atoms with E-state index in [4.69, 9.17) is 9.84 Å². The maximum Gasteiger partial charge on any atom is 0.320 e. The van der Waals surface area contributed by atoms with Gasteiger partial charge in [0.05, 0.1) is 39.7 Å².